The molecule has 0 saturated carbocycles. The number of carbonyl (C=O) groups is 1. The third-order valence-corrected chi connectivity index (χ3v) is 2.33. The summed E-state index contributed by atoms with van der Waals surface area (Å²) >= 11 is 0. The molecular formula is C10H15N3O3. The van der Waals surface area contributed by atoms with Crippen LogP contribution in [0.2, 0.25) is 0 Å². The van der Waals surface area contributed by atoms with Crippen LogP contribution in [0.1, 0.15) is 17.4 Å². The average Bonchev–Trinajstić information content (AvgIpc) is 2.36. The molecule has 0 saturated heterocycles. The van der Waals surface area contributed by atoms with E-state index in [1.807, 2.05) is 6.92 Å². The molecule has 16 heavy (non-hydrogen) atoms. The Morgan fingerprint density at radius 3 is 2.69 bits per heavy atom. The van der Waals surface area contributed by atoms with Gasteiger partial charge >= 0.3 is 5.97 Å². The van der Waals surface area contributed by atoms with Crippen molar-refractivity contribution in [1.29, 1.82) is 0 Å². The first-order chi connectivity index (χ1) is 7.60. The van der Waals surface area contributed by atoms with E-state index in [-0.39, 0.29) is 18.3 Å². The lowest BCUT2D eigenvalue weighted by atomic mass is 10.3. The van der Waals surface area contributed by atoms with Crippen molar-refractivity contribution < 1.29 is 14.6 Å². The number of aliphatic hydroxyl groups is 1. The Morgan fingerprint density at radius 1 is 1.56 bits per heavy atom. The number of ether oxygens (including phenoxy) is 1. The van der Waals surface area contributed by atoms with Gasteiger partial charge in [-0.1, -0.05) is 0 Å². The summed E-state index contributed by atoms with van der Waals surface area (Å²) in [7, 11) is 3.08. The number of hydrogen-bond donors (Lipinski definition) is 1. The number of rotatable bonds is 4. The monoisotopic (exact) mass is 225 g/mol. The molecule has 1 atom stereocenters. The van der Waals surface area contributed by atoms with Crippen molar-refractivity contribution in [1.82, 2.24) is 10.2 Å². The van der Waals surface area contributed by atoms with Gasteiger partial charge in [-0.3, -0.25) is 0 Å². The predicted molar refractivity (Wildman–Crippen MR) is 58.3 cm³/mol. The van der Waals surface area contributed by atoms with Crippen LogP contribution in [-0.4, -0.2) is 48.1 Å². The number of aliphatic hydroxyl groups excluding tert-OH is 1. The summed E-state index contributed by atoms with van der Waals surface area (Å²) in [6, 6.07) is 3.14. The number of hydrogen-bond acceptors (Lipinski definition) is 6. The van der Waals surface area contributed by atoms with Crippen molar-refractivity contribution in [3.8, 4) is 0 Å². The van der Waals surface area contributed by atoms with Crippen molar-refractivity contribution in [2.24, 2.45) is 0 Å². The molecule has 0 aromatic carbocycles. The lowest BCUT2D eigenvalue weighted by molar-refractivity contribution is 0.0592. The lowest BCUT2D eigenvalue weighted by Crippen LogP contribution is -2.32. The Hall–Kier alpha value is -1.69. The van der Waals surface area contributed by atoms with Gasteiger partial charge in [0.05, 0.1) is 19.8 Å². The quantitative estimate of drug-likeness (QED) is 0.731. The van der Waals surface area contributed by atoms with E-state index in [0.29, 0.717) is 5.82 Å². The van der Waals surface area contributed by atoms with Crippen molar-refractivity contribution in [2.45, 2.75) is 13.0 Å². The first-order valence-corrected chi connectivity index (χ1v) is 4.86. The Balaban J connectivity index is 2.82. The van der Waals surface area contributed by atoms with Gasteiger partial charge in [0, 0.05) is 7.05 Å². The first kappa shape index (κ1) is 12.4. The van der Waals surface area contributed by atoms with Crippen molar-refractivity contribution in [3.05, 3.63) is 17.8 Å². The largest absolute Gasteiger partial charge is 0.464 e. The van der Waals surface area contributed by atoms with Crippen LogP contribution < -0.4 is 4.90 Å². The van der Waals surface area contributed by atoms with Crippen LogP contribution in [0, 0.1) is 0 Å². The predicted octanol–water partition coefficient (Wildman–Crippen LogP) is 0.0802. The number of likely N-dealkylation sites (N-methyl/N-ethyl adjacent to an activating group) is 1. The van der Waals surface area contributed by atoms with E-state index < -0.39 is 5.97 Å². The van der Waals surface area contributed by atoms with E-state index in [1.54, 1.807) is 18.0 Å². The lowest BCUT2D eigenvalue weighted by Gasteiger charge is -2.23. The van der Waals surface area contributed by atoms with E-state index in [4.69, 9.17) is 5.11 Å². The maximum Gasteiger partial charge on any atom is 0.358 e. The van der Waals surface area contributed by atoms with Crippen molar-refractivity contribution in [2.75, 3.05) is 25.7 Å². The van der Waals surface area contributed by atoms with Gasteiger partial charge in [0.25, 0.3) is 0 Å². The summed E-state index contributed by atoms with van der Waals surface area (Å²) in [5.41, 5.74) is 0.163. The standard InChI is InChI=1S/C10H15N3O3/c1-7(6-14)13(2)9-5-4-8(11-12-9)10(15)16-3/h4-5,7,14H,6H2,1-3H3. The summed E-state index contributed by atoms with van der Waals surface area (Å²) in [5, 5.41) is 16.6. The highest BCUT2D eigenvalue weighted by molar-refractivity contribution is 5.86. The van der Waals surface area contributed by atoms with E-state index >= 15 is 0 Å². The molecule has 1 rings (SSSR count). The van der Waals surface area contributed by atoms with Crippen LogP contribution >= 0.6 is 0 Å². The fourth-order valence-electron chi connectivity index (χ4n) is 1.08. The molecule has 0 radical (unpaired) electrons. The highest BCUT2D eigenvalue weighted by atomic mass is 16.5. The molecule has 1 aromatic rings. The smallest absolute Gasteiger partial charge is 0.358 e. The summed E-state index contributed by atoms with van der Waals surface area (Å²) in [4.78, 5) is 12.9. The number of aromatic nitrogens is 2. The molecular weight excluding hydrogens is 210 g/mol. The number of nitrogens with zero attached hydrogens (tertiary/aromatic N) is 3. The molecule has 0 aliphatic heterocycles. The van der Waals surface area contributed by atoms with Crippen molar-refractivity contribution in [3.63, 3.8) is 0 Å². The van der Waals surface area contributed by atoms with E-state index in [0.717, 1.165) is 0 Å². The van der Waals surface area contributed by atoms with Gasteiger partial charge in [-0.15, -0.1) is 10.2 Å². The molecule has 0 bridgehead atoms. The van der Waals surface area contributed by atoms with Gasteiger partial charge in [0.1, 0.15) is 0 Å². The fourth-order valence-corrected chi connectivity index (χ4v) is 1.08. The van der Waals surface area contributed by atoms with Gasteiger partial charge in [-0.05, 0) is 19.1 Å². The zero-order valence-electron chi connectivity index (χ0n) is 9.54. The minimum atomic E-state index is -0.517. The van der Waals surface area contributed by atoms with Gasteiger partial charge in [-0.2, -0.15) is 0 Å². The maximum absolute atomic E-state index is 11.1. The summed E-state index contributed by atoms with van der Waals surface area (Å²) in [6.07, 6.45) is 0. The van der Waals surface area contributed by atoms with Crippen LogP contribution in [0.5, 0.6) is 0 Å². The van der Waals surface area contributed by atoms with Crippen LogP contribution in [0.3, 0.4) is 0 Å². The Morgan fingerprint density at radius 2 is 2.25 bits per heavy atom. The Bertz CT molecular complexity index is 353. The second-order valence-corrected chi connectivity index (χ2v) is 3.41. The van der Waals surface area contributed by atoms with Crippen LogP contribution in [0.15, 0.2) is 12.1 Å². The SMILES string of the molecule is COC(=O)c1ccc(N(C)C(C)CO)nn1. The molecule has 1 heterocycles. The highest BCUT2D eigenvalue weighted by Crippen LogP contribution is 2.10. The highest BCUT2D eigenvalue weighted by Gasteiger charge is 2.12. The zero-order valence-corrected chi connectivity index (χ0v) is 9.54. The van der Waals surface area contributed by atoms with Gasteiger partial charge in [0.15, 0.2) is 11.5 Å². The molecule has 1 aromatic heterocycles. The number of esters is 1. The van der Waals surface area contributed by atoms with E-state index in [2.05, 4.69) is 14.9 Å². The Kier molecular flexibility index (Phi) is 4.19. The summed E-state index contributed by atoms with van der Waals surface area (Å²) < 4.78 is 4.51. The molecule has 6 heteroatoms. The molecule has 1 unspecified atom stereocenters. The third kappa shape index (κ3) is 2.66. The minimum absolute atomic E-state index is 0.0247. The van der Waals surface area contributed by atoms with Crippen LogP contribution in [0.25, 0.3) is 0 Å². The number of methoxy groups -OCH3 is 1. The summed E-state index contributed by atoms with van der Waals surface area (Å²) in [5.74, 6) is 0.0751. The minimum Gasteiger partial charge on any atom is -0.464 e. The van der Waals surface area contributed by atoms with Gasteiger partial charge in [-0.25, -0.2) is 4.79 Å². The molecule has 88 valence electrons. The average molecular weight is 225 g/mol. The zero-order chi connectivity index (χ0) is 12.1. The van der Waals surface area contributed by atoms with Crippen LogP contribution in [-0.2, 0) is 4.74 Å². The fraction of sp³-hybridized carbons (Fsp3) is 0.500. The van der Waals surface area contributed by atoms with E-state index in [9.17, 15) is 4.79 Å². The maximum atomic E-state index is 11.1. The first-order valence-electron chi connectivity index (χ1n) is 4.86. The van der Waals surface area contributed by atoms with Gasteiger partial charge in [0.2, 0.25) is 0 Å². The molecule has 0 aliphatic rings. The van der Waals surface area contributed by atoms with Crippen LogP contribution in [0.4, 0.5) is 5.82 Å². The second kappa shape index (κ2) is 5.41. The molecule has 0 spiro atoms. The third-order valence-electron chi connectivity index (χ3n) is 2.33. The van der Waals surface area contributed by atoms with E-state index in [1.165, 1.54) is 13.2 Å². The summed E-state index contributed by atoms with van der Waals surface area (Å²) in [6.45, 7) is 1.88. The van der Waals surface area contributed by atoms with Gasteiger partial charge < -0.3 is 14.7 Å². The second-order valence-electron chi connectivity index (χ2n) is 3.41. The molecule has 0 aliphatic carbocycles. The number of carbonyl (C=O) groups excluding carboxylic acids is 1. The number of anilines is 1. The molecule has 0 fully saturated rings. The Labute approximate surface area is 93.9 Å². The van der Waals surface area contributed by atoms with Crippen molar-refractivity contribution >= 4 is 11.8 Å². The topological polar surface area (TPSA) is 75.5 Å². The normalized spacial score (nSPS) is 12.0. The molecule has 1 N–H and O–H groups in total. The molecule has 6 nitrogen and oxygen atoms in total. The molecule has 0 amide bonds.